The van der Waals surface area contributed by atoms with Gasteiger partial charge in [0, 0.05) is 16.3 Å². The van der Waals surface area contributed by atoms with E-state index in [4.69, 9.17) is 11.6 Å². The summed E-state index contributed by atoms with van der Waals surface area (Å²) in [5.74, 6) is 0.577. The Balaban J connectivity index is 1.46. The zero-order valence-electron chi connectivity index (χ0n) is 16.6. The van der Waals surface area contributed by atoms with E-state index in [0.717, 1.165) is 32.8 Å². The average molecular weight is 471 g/mol. The number of thiazole rings is 1. The highest BCUT2D eigenvalue weighted by Gasteiger charge is 2.20. The number of amides is 1. The Labute approximate surface area is 193 Å². The van der Waals surface area contributed by atoms with Crippen LogP contribution in [0.4, 0.5) is 9.52 Å². The molecule has 31 heavy (non-hydrogen) atoms. The van der Waals surface area contributed by atoms with Crippen LogP contribution in [-0.2, 0) is 11.3 Å². The van der Waals surface area contributed by atoms with Crippen molar-refractivity contribution < 1.29 is 9.18 Å². The fourth-order valence-electron chi connectivity index (χ4n) is 3.11. The van der Waals surface area contributed by atoms with Gasteiger partial charge in [-0.2, -0.15) is 0 Å². The first-order valence-corrected chi connectivity index (χ1v) is 12.1. The average Bonchev–Trinajstić information content (AvgIpc) is 3.19. The Morgan fingerprint density at radius 2 is 1.84 bits per heavy atom. The molecule has 0 spiro atoms. The molecule has 0 radical (unpaired) electrons. The van der Waals surface area contributed by atoms with Crippen LogP contribution in [0, 0.1) is 5.82 Å². The van der Waals surface area contributed by atoms with Gasteiger partial charge in [0.2, 0.25) is 5.91 Å². The van der Waals surface area contributed by atoms with Crippen molar-refractivity contribution >= 4 is 56.0 Å². The molecule has 4 aromatic rings. The molecule has 1 heterocycles. The molecule has 7 heteroatoms. The number of hydrogen-bond donors (Lipinski definition) is 0. The quantitative estimate of drug-likeness (QED) is 0.202. The van der Waals surface area contributed by atoms with E-state index in [1.165, 1.54) is 23.5 Å². The molecule has 0 saturated heterocycles. The van der Waals surface area contributed by atoms with Crippen LogP contribution in [0.5, 0.6) is 0 Å². The summed E-state index contributed by atoms with van der Waals surface area (Å²) in [6.07, 6.45) is 1.14. The Kier molecular flexibility index (Phi) is 7.22. The molecule has 3 aromatic carbocycles. The predicted octanol–water partition coefficient (Wildman–Crippen LogP) is 7.19. The van der Waals surface area contributed by atoms with E-state index in [-0.39, 0.29) is 11.7 Å². The lowest BCUT2D eigenvalue weighted by Gasteiger charge is -2.20. The van der Waals surface area contributed by atoms with Gasteiger partial charge in [-0.05, 0) is 60.2 Å². The maximum atomic E-state index is 13.2. The van der Waals surface area contributed by atoms with Crippen LogP contribution in [0.3, 0.4) is 0 Å². The van der Waals surface area contributed by atoms with Crippen molar-refractivity contribution in [1.82, 2.24) is 4.98 Å². The Morgan fingerprint density at radius 1 is 1.06 bits per heavy atom. The summed E-state index contributed by atoms with van der Waals surface area (Å²) in [5, 5.41) is 1.33. The van der Waals surface area contributed by atoms with E-state index in [1.54, 1.807) is 28.8 Å². The molecule has 0 unspecified atom stereocenters. The molecule has 158 valence electrons. The number of anilines is 1. The number of fused-ring (bicyclic) bond motifs is 1. The third-order valence-electron chi connectivity index (χ3n) is 4.67. The number of rotatable bonds is 8. The Hall–Kier alpha value is -2.41. The van der Waals surface area contributed by atoms with E-state index in [1.807, 2.05) is 48.5 Å². The number of carbonyl (C=O) groups excluding carboxylic acids is 1. The third-order valence-corrected chi connectivity index (χ3v) is 7.05. The molecule has 0 bridgehead atoms. The maximum absolute atomic E-state index is 13.2. The van der Waals surface area contributed by atoms with Gasteiger partial charge in [0.05, 0.1) is 16.8 Å². The van der Waals surface area contributed by atoms with Crippen molar-refractivity contribution in [2.24, 2.45) is 0 Å². The monoisotopic (exact) mass is 470 g/mol. The molecule has 0 saturated carbocycles. The number of nitrogens with zero attached hydrogens (tertiary/aromatic N) is 2. The van der Waals surface area contributed by atoms with Gasteiger partial charge in [-0.25, -0.2) is 9.37 Å². The summed E-state index contributed by atoms with van der Waals surface area (Å²) in [6.45, 7) is 0.471. The van der Waals surface area contributed by atoms with Crippen molar-refractivity contribution in [3.8, 4) is 0 Å². The van der Waals surface area contributed by atoms with Crippen LogP contribution in [0.15, 0.2) is 77.7 Å². The maximum Gasteiger partial charge on any atom is 0.229 e. The highest BCUT2D eigenvalue weighted by Crippen LogP contribution is 2.32. The molecule has 4 rings (SSSR count). The Morgan fingerprint density at radius 3 is 2.61 bits per heavy atom. The summed E-state index contributed by atoms with van der Waals surface area (Å²) in [5.41, 5.74) is 1.89. The van der Waals surface area contributed by atoms with Crippen LogP contribution >= 0.6 is 34.7 Å². The van der Waals surface area contributed by atoms with Gasteiger partial charge in [-0.15, -0.1) is 11.8 Å². The first kappa shape index (κ1) is 21.8. The van der Waals surface area contributed by atoms with E-state index in [0.29, 0.717) is 23.1 Å². The van der Waals surface area contributed by atoms with Gasteiger partial charge in [0.1, 0.15) is 5.82 Å². The van der Waals surface area contributed by atoms with E-state index in [9.17, 15) is 9.18 Å². The van der Waals surface area contributed by atoms with E-state index in [2.05, 4.69) is 4.98 Å². The van der Waals surface area contributed by atoms with Gasteiger partial charge in [-0.1, -0.05) is 53.3 Å². The lowest BCUT2D eigenvalue weighted by molar-refractivity contribution is -0.118. The normalized spacial score (nSPS) is 11.0. The van der Waals surface area contributed by atoms with Gasteiger partial charge < -0.3 is 0 Å². The first-order valence-electron chi connectivity index (χ1n) is 9.87. The summed E-state index contributed by atoms with van der Waals surface area (Å²) in [6, 6.07) is 21.9. The van der Waals surface area contributed by atoms with Crippen molar-refractivity contribution in [2.45, 2.75) is 24.3 Å². The van der Waals surface area contributed by atoms with Crippen LogP contribution in [0.25, 0.3) is 10.2 Å². The molecule has 0 aliphatic carbocycles. The van der Waals surface area contributed by atoms with Crippen molar-refractivity contribution in [3.63, 3.8) is 0 Å². The van der Waals surface area contributed by atoms with E-state index >= 15 is 0 Å². The minimum Gasteiger partial charge on any atom is -0.284 e. The largest absolute Gasteiger partial charge is 0.284 e. The second kappa shape index (κ2) is 10.3. The van der Waals surface area contributed by atoms with Crippen LogP contribution in [0.1, 0.15) is 18.4 Å². The molecule has 0 atom stereocenters. The first-order chi connectivity index (χ1) is 15.1. The fraction of sp³-hybridized carbons (Fsp3) is 0.167. The number of benzene rings is 3. The van der Waals surface area contributed by atoms with Crippen LogP contribution in [-0.4, -0.2) is 16.6 Å². The van der Waals surface area contributed by atoms with Crippen LogP contribution in [0.2, 0.25) is 5.02 Å². The summed E-state index contributed by atoms with van der Waals surface area (Å²) in [4.78, 5) is 20.6. The van der Waals surface area contributed by atoms with Gasteiger partial charge in [-0.3, -0.25) is 9.69 Å². The smallest absolute Gasteiger partial charge is 0.229 e. The minimum atomic E-state index is -0.242. The third kappa shape index (κ3) is 5.85. The number of aromatic nitrogens is 1. The molecule has 1 amide bonds. The van der Waals surface area contributed by atoms with E-state index < -0.39 is 0 Å². The minimum absolute atomic E-state index is 0.0358. The molecule has 0 aliphatic heterocycles. The van der Waals surface area contributed by atoms with Crippen molar-refractivity contribution in [1.29, 1.82) is 0 Å². The highest BCUT2D eigenvalue weighted by atomic mass is 35.5. The summed E-state index contributed by atoms with van der Waals surface area (Å²) >= 11 is 9.22. The number of hydrogen-bond acceptors (Lipinski definition) is 4. The Bertz CT molecular complexity index is 1170. The van der Waals surface area contributed by atoms with Crippen LogP contribution < -0.4 is 4.90 Å². The zero-order chi connectivity index (χ0) is 21.6. The molecule has 3 nitrogen and oxygen atoms in total. The molecule has 1 aromatic heterocycles. The molecular formula is C24H20ClFN2OS2. The predicted molar refractivity (Wildman–Crippen MR) is 129 cm³/mol. The summed E-state index contributed by atoms with van der Waals surface area (Å²) < 4.78 is 14.0. The second-order valence-corrected chi connectivity index (χ2v) is 9.59. The molecule has 0 aliphatic rings. The molecule has 0 fully saturated rings. The lowest BCUT2D eigenvalue weighted by Crippen LogP contribution is -2.30. The second-order valence-electron chi connectivity index (χ2n) is 6.98. The highest BCUT2D eigenvalue weighted by molar-refractivity contribution is 7.99. The van der Waals surface area contributed by atoms with Gasteiger partial charge in [0.25, 0.3) is 0 Å². The number of carbonyl (C=O) groups is 1. The lowest BCUT2D eigenvalue weighted by atomic mass is 10.2. The standard InChI is InChI=1S/C24H20ClFN2OS2/c25-18-8-13-21-22(15-18)31-24(27-21)28(16-17-5-2-1-3-6-17)23(29)7-4-14-30-20-11-9-19(26)10-12-20/h1-3,5-6,8-13,15H,4,7,14,16H2. The molecule has 0 N–H and O–H groups in total. The summed E-state index contributed by atoms with van der Waals surface area (Å²) in [7, 11) is 0. The molecular weight excluding hydrogens is 451 g/mol. The topological polar surface area (TPSA) is 33.2 Å². The van der Waals surface area contributed by atoms with Gasteiger partial charge in [0.15, 0.2) is 5.13 Å². The van der Waals surface area contributed by atoms with Gasteiger partial charge >= 0.3 is 0 Å². The van der Waals surface area contributed by atoms with Crippen molar-refractivity contribution in [3.05, 3.63) is 89.2 Å². The number of thioether (sulfide) groups is 1. The zero-order valence-corrected chi connectivity index (χ0v) is 19.0. The SMILES string of the molecule is O=C(CCCSc1ccc(F)cc1)N(Cc1ccccc1)c1nc2ccc(Cl)cc2s1. The number of halogens is 2. The fourth-order valence-corrected chi connectivity index (χ4v) is 5.22. The van der Waals surface area contributed by atoms with Crippen molar-refractivity contribution in [2.75, 3.05) is 10.7 Å².